The number of amides is 1. The number of sulfonamides is 1. The number of carbonyl (C=O) groups excluding carboxylic acids is 1. The van der Waals surface area contributed by atoms with Crippen molar-refractivity contribution in [2.75, 3.05) is 16.7 Å². The highest BCUT2D eigenvalue weighted by atomic mass is 32.2. The molecule has 0 atom stereocenters. The fourth-order valence-corrected chi connectivity index (χ4v) is 3.88. The molecule has 6 nitrogen and oxygen atoms in total. The number of rotatable bonds is 6. The van der Waals surface area contributed by atoms with Gasteiger partial charge >= 0.3 is 6.36 Å². The highest BCUT2D eigenvalue weighted by Gasteiger charge is 2.31. The molecule has 0 fully saturated rings. The van der Waals surface area contributed by atoms with Crippen LogP contribution in [-0.4, -0.2) is 27.7 Å². The van der Waals surface area contributed by atoms with Gasteiger partial charge in [-0.25, -0.2) is 8.42 Å². The van der Waals surface area contributed by atoms with Crippen LogP contribution < -0.4 is 14.4 Å². The Bertz CT molecular complexity index is 1170. The maximum absolute atomic E-state index is 12.8. The number of anilines is 2. The Morgan fingerprint density at radius 1 is 0.935 bits per heavy atom. The number of hydrogen-bond acceptors (Lipinski definition) is 4. The molecule has 0 aromatic heterocycles. The third-order valence-electron chi connectivity index (χ3n) is 4.22. The third-order valence-corrected chi connectivity index (χ3v) is 6.02. The van der Waals surface area contributed by atoms with Crippen molar-refractivity contribution >= 4 is 27.3 Å². The number of carbonyl (C=O) groups is 1. The summed E-state index contributed by atoms with van der Waals surface area (Å²) in [5, 5.41) is 2.54. The number of benzene rings is 3. The quantitative estimate of drug-likeness (QED) is 0.593. The molecule has 3 rings (SSSR count). The Labute approximate surface area is 176 Å². The molecular weight excluding hydrogens is 433 g/mol. The number of hydrogen-bond donors (Lipinski definition) is 1. The van der Waals surface area contributed by atoms with Gasteiger partial charge in [0.1, 0.15) is 5.75 Å². The SMILES string of the molecule is CN(c1cccc(C(=O)Nc2ccc(OC(F)(F)F)cc2)c1)S(=O)(=O)c1ccccc1. The van der Waals surface area contributed by atoms with Gasteiger partial charge in [-0.05, 0) is 54.6 Å². The number of ether oxygens (including phenoxy) is 1. The van der Waals surface area contributed by atoms with E-state index in [1.807, 2.05) is 0 Å². The van der Waals surface area contributed by atoms with E-state index < -0.39 is 28.0 Å². The lowest BCUT2D eigenvalue weighted by Gasteiger charge is -2.20. The second-order valence-electron chi connectivity index (χ2n) is 6.36. The first-order valence-electron chi connectivity index (χ1n) is 8.87. The van der Waals surface area contributed by atoms with Crippen molar-refractivity contribution in [3.8, 4) is 5.75 Å². The fourth-order valence-electron chi connectivity index (χ4n) is 2.68. The van der Waals surface area contributed by atoms with Crippen LogP contribution in [-0.2, 0) is 10.0 Å². The standard InChI is InChI=1S/C21H17F3N2O4S/c1-26(31(28,29)19-8-3-2-4-9-19)17-7-5-6-15(14-17)20(27)25-16-10-12-18(13-11-16)30-21(22,23)24/h2-14H,1H3,(H,25,27). The Kier molecular flexibility index (Phi) is 6.21. The maximum atomic E-state index is 12.8. The van der Waals surface area contributed by atoms with Crippen molar-refractivity contribution in [3.05, 3.63) is 84.4 Å². The monoisotopic (exact) mass is 450 g/mol. The Hall–Kier alpha value is -3.53. The van der Waals surface area contributed by atoms with E-state index >= 15 is 0 Å². The second kappa shape index (κ2) is 8.68. The van der Waals surface area contributed by atoms with Crippen LogP contribution in [0.2, 0.25) is 0 Å². The van der Waals surface area contributed by atoms with E-state index in [1.54, 1.807) is 24.3 Å². The minimum atomic E-state index is -4.81. The average Bonchev–Trinajstić information content (AvgIpc) is 2.74. The summed E-state index contributed by atoms with van der Waals surface area (Å²) in [5.41, 5.74) is 0.684. The summed E-state index contributed by atoms with van der Waals surface area (Å²) >= 11 is 0. The molecule has 0 aliphatic heterocycles. The van der Waals surface area contributed by atoms with Gasteiger partial charge in [0, 0.05) is 18.3 Å². The van der Waals surface area contributed by atoms with Crippen molar-refractivity contribution in [2.24, 2.45) is 0 Å². The zero-order valence-electron chi connectivity index (χ0n) is 16.1. The van der Waals surface area contributed by atoms with Gasteiger partial charge in [0.25, 0.3) is 15.9 Å². The van der Waals surface area contributed by atoms with Crippen LogP contribution in [0.15, 0.2) is 83.8 Å². The summed E-state index contributed by atoms with van der Waals surface area (Å²) in [6.45, 7) is 0. The molecule has 0 heterocycles. The largest absolute Gasteiger partial charge is 0.573 e. The normalized spacial score (nSPS) is 11.6. The molecule has 162 valence electrons. The van der Waals surface area contributed by atoms with E-state index in [0.29, 0.717) is 0 Å². The lowest BCUT2D eigenvalue weighted by atomic mass is 10.2. The van der Waals surface area contributed by atoms with Crippen LogP contribution in [0.1, 0.15) is 10.4 Å². The molecule has 31 heavy (non-hydrogen) atoms. The molecule has 0 saturated carbocycles. The molecule has 1 amide bonds. The van der Waals surface area contributed by atoms with Crippen LogP contribution in [0.3, 0.4) is 0 Å². The maximum Gasteiger partial charge on any atom is 0.573 e. The van der Waals surface area contributed by atoms with Crippen LogP contribution >= 0.6 is 0 Å². The zero-order chi connectivity index (χ0) is 22.6. The minimum absolute atomic E-state index is 0.105. The lowest BCUT2D eigenvalue weighted by Crippen LogP contribution is -2.26. The molecule has 1 N–H and O–H groups in total. The summed E-state index contributed by atoms with van der Waals surface area (Å²) in [6, 6.07) is 18.5. The first-order valence-corrected chi connectivity index (χ1v) is 10.3. The molecule has 0 bridgehead atoms. The smallest absolute Gasteiger partial charge is 0.406 e. The number of halogens is 3. The van der Waals surface area contributed by atoms with Gasteiger partial charge in [-0.2, -0.15) is 0 Å². The van der Waals surface area contributed by atoms with E-state index in [1.165, 1.54) is 49.5 Å². The molecular formula is C21H17F3N2O4S. The summed E-state index contributed by atoms with van der Waals surface area (Å²) < 4.78 is 67.1. The average molecular weight is 450 g/mol. The predicted molar refractivity (Wildman–Crippen MR) is 110 cm³/mol. The minimum Gasteiger partial charge on any atom is -0.406 e. The molecule has 0 aliphatic carbocycles. The number of alkyl halides is 3. The van der Waals surface area contributed by atoms with Crippen molar-refractivity contribution in [1.82, 2.24) is 0 Å². The van der Waals surface area contributed by atoms with Gasteiger partial charge in [-0.3, -0.25) is 9.10 Å². The van der Waals surface area contributed by atoms with Crippen molar-refractivity contribution in [2.45, 2.75) is 11.3 Å². The summed E-state index contributed by atoms with van der Waals surface area (Å²) in [7, 11) is -2.44. The Morgan fingerprint density at radius 2 is 1.58 bits per heavy atom. The van der Waals surface area contributed by atoms with Gasteiger partial charge in [0.05, 0.1) is 10.6 Å². The van der Waals surface area contributed by atoms with Crippen molar-refractivity contribution < 1.29 is 31.1 Å². The molecule has 0 radical (unpaired) electrons. The van der Waals surface area contributed by atoms with Crippen LogP contribution in [0.25, 0.3) is 0 Å². The fraction of sp³-hybridized carbons (Fsp3) is 0.0952. The van der Waals surface area contributed by atoms with Gasteiger partial charge in [0.2, 0.25) is 0 Å². The van der Waals surface area contributed by atoms with Gasteiger partial charge < -0.3 is 10.1 Å². The zero-order valence-corrected chi connectivity index (χ0v) is 16.9. The van der Waals surface area contributed by atoms with E-state index in [4.69, 9.17) is 0 Å². The first kappa shape index (κ1) is 22.2. The Balaban J connectivity index is 1.76. The summed E-state index contributed by atoms with van der Waals surface area (Å²) in [6.07, 6.45) is -4.81. The molecule has 0 saturated heterocycles. The second-order valence-corrected chi connectivity index (χ2v) is 8.33. The van der Waals surface area contributed by atoms with Crippen LogP contribution in [0.5, 0.6) is 5.75 Å². The van der Waals surface area contributed by atoms with Crippen molar-refractivity contribution in [1.29, 1.82) is 0 Å². The van der Waals surface area contributed by atoms with Crippen LogP contribution in [0.4, 0.5) is 24.5 Å². The summed E-state index contributed by atoms with van der Waals surface area (Å²) in [4.78, 5) is 12.6. The molecule has 0 spiro atoms. The topological polar surface area (TPSA) is 75.7 Å². The van der Waals surface area contributed by atoms with Gasteiger partial charge in [0.15, 0.2) is 0 Å². The lowest BCUT2D eigenvalue weighted by molar-refractivity contribution is -0.274. The first-order chi connectivity index (χ1) is 14.6. The van der Waals surface area contributed by atoms with Crippen LogP contribution in [0, 0.1) is 0 Å². The summed E-state index contributed by atoms with van der Waals surface area (Å²) in [5.74, 6) is -0.975. The van der Waals surface area contributed by atoms with Gasteiger partial charge in [-0.15, -0.1) is 13.2 Å². The highest BCUT2D eigenvalue weighted by Crippen LogP contribution is 2.25. The highest BCUT2D eigenvalue weighted by molar-refractivity contribution is 7.92. The molecule has 0 unspecified atom stereocenters. The number of nitrogens with zero attached hydrogens (tertiary/aromatic N) is 1. The van der Waals surface area contributed by atoms with E-state index in [2.05, 4.69) is 10.1 Å². The third kappa shape index (κ3) is 5.54. The molecule has 3 aromatic rings. The Morgan fingerprint density at radius 3 is 2.19 bits per heavy atom. The van der Waals surface area contributed by atoms with Crippen molar-refractivity contribution in [3.63, 3.8) is 0 Å². The number of nitrogens with one attached hydrogen (secondary N) is 1. The molecule has 10 heteroatoms. The van der Waals surface area contributed by atoms with E-state index in [-0.39, 0.29) is 21.8 Å². The van der Waals surface area contributed by atoms with E-state index in [0.717, 1.165) is 16.4 Å². The molecule has 3 aromatic carbocycles. The van der Waals surface area contributed by atoms with E-state index in [9.17, 15) is 26.4 Å². The van der Waals surface area contributed by atoms with Gasteiger partial charge in [-0.1, -0.05) is 24.3 Å². The molecule has 0 aliphatic rings. The predicted octanol–water partition coefficient (Wildman–Crippen LogP) is 4.66.